The molecule has 0 N–H and O–H groups in total. The number of hydrogen-bond acceptors (Lipinski definition) is 2. The van der Waals surface area contributed by atoms with Crippen LogP contribution in [0.3, 0.4) is 0 Å². The van der Waals surface area contributed by atoms with Gasteiger partial charge >= 0.3 is 0 Å². The minimum absolute atomic E-state index is 0.796. The molecule has 2 heteroatoms. The van der Waals surface area contributed by atoms with E-state index < -0.39 is 0 Å². The lowest BCUT2D eigenvalue weighted by atomic mass is 10.1. The monoisotopic (exact) mass is 255 g/mol. The van der Waals surface area contributed by atoms with Crippen molar-refractivity contribution >= 4 is 12.3 Å². The van der Waals surface area contributed by atoms with E-state index in [1.54, 1.807) is 0 Å². The van der Waals surface area contributed by atoms with Crippen LogP contribution in [0.5, 0.6) is 5.75 Å². The van der Waals surface area contributed by atoms with Crippen molar-refractivity contribution in [1.82, 2.24) is 0 Å². The van der Waals surface area contributed by atoms with Gasteiger partial charge in [-0.2, -0.15) is 0 Å². The highest BCUT2D eigenvalue weighted by Crippen LogP contribution is 2.22. The van der Waals surface area contributed by atoms with E-state index in [0.29, 0.717) is 0 Å². The number of benzene rings is 1. The molecule has 1 aliphatic rings. The maximum Gasteiger partial charge on any atom is 0.122 e. The van der Waals surface area contributed by atoms with Gasteiger partial charge in [-0.1, -0.05) is 31.6 Å². The number of unbranched alkanes of at least 4 members (excludes halogenated alkanes) is 1. The van der Waals surface area contributed by atoms with E-state index in [1.807, 2.05) is 12.4 Å². The molecule has 0 aromatic heterocycles. The zero-order chi connectivity index (χ0) is 13.5. The van der Waals surface area contributed by atoms with Crippen molar-refractivity contribution in [2.75, 3.05) is 6.61 Å². The third-order valence-corrected chi connectivity index (χ3v) is 3.13. The second kappa shape index (κ2) is 6.93. The largest absolute Gasteiger partial charge is 0.493 e. The van der Waals surface area contributed by atoms with E-state index in [0.717, 1.165) is 31.6 Å². The molecule has 100 valence electrons. The highest BCUT2D eigenvalue weighted by molar-refractivity contribution is 5.71. The van der Waals surface area contributed by atoms with Crippen molar-refractivity contribution in [1.29, 1.82) is 0 Å². The number of nitrogens with zero attached hydrogens (tertiary/aromatic N) is 1. The summed E-state index contributed by atoms with van der Waals surface area (Å²) in [6.45, 7) is 5.06. The van der Waals surface area contributed by atoms with Crippen LogP contribution in [0.15, 0.2) is 41.0 Å². The van der Waals surface area contributed by atoms with E-state index in [9.17, 15) is 0 Å². The van der Waals surface area contributed by atoms with Gasteiger partial charge in [0.05, 0.1) is 6.61 Å². The van der Waals surface area contributed by atoms with Crippen molar-refractivity contribution in [2.45, 2.75) is 33.1 Å². The summed E-state index contributed by atoms with van der Waals surface area (Å²) in [5.74, 6) is 0.997. The summed E-state index contributed by atoms with van der Waals surface area (Å²) in [7, 11) is 0. The fourth-order valence-electron chi connectivity index (χ4n) is 1.94. The van der Waals surface area contributed by atoms with Gasteiger partial charge in [-0.05, 0) is 42.2 Å². The lowest BCUT2D eigenvalue weighted by Crippen LogP contribution is -1.98. The van der Waals surface area contributed by atoms with E-state index in [1.165, 1.54) is 16.7 Å². The van der Waals surface area contributed by atoms with Gasteiger partial charge in [0.1, 0.15) is 5.75 Å². The molecule has 0 aliphatic carbocycles. The third kappa shape index (κ3) is 4.09. The van der Waals surface area contributed by atoms with Crippen LogP contribution in [0.4, 0.5) is 0 Å². The summed E-state index contributed by atoms with van der Waals surface area (Å²) in [6.07, 6.45) is 11.2. The molecular weight excluding hydrogens is 234 g/mol. The second-order valence-electron chi connectivity index (χ2n) is 4.80. The molecule has 1 heterocycles. The Bertz CT molecular complexity index is 512. The number of aryl methyl sites for hydroxylation is 1. The molecule has 1 aromatic carbocycles. The van der Waals surface area contributed by atoms with Crippen molar-refractivity contribution < 1.29 is 4.74 Å². The second-order valence-corrected chi connectivity index (χ2v) is 4.80. The summed E-state index contributed by atoms with van der Waals surface area (Å²) in [6, 6.07) is 6.38. The molecule has 1 aliphatic heterocycles. The Kier molecular flexibility index (Phi) is 4.96. The maximum absolute atomic E-state index is 5.83. The quantitative estimate of drug-likeness (QED) is 0.707. The Morgan fingerprint density at radius 3 is 3.00 bits per heavy atom. The lowest BCUT2D eigenvalue weighted by Gasteiger charge is -2.10. The first-order valence-electron chi connectivity index (χ1n) is 6.92. The van der Waals surface area contributed by atoms with Gasteiger partial charge in [0.2, 0.25) is 0 Å². The Morgan fingerprint density at radius 1 is 1.37 bits per heavy atom. The van der Waals surface area contributed by atoms with E-state index in [-0.39, 0.29) is 0 Å². The molecule has 0 spiro atoms. The van der Waals surface area contributed by atoms with Crippen molar-refractivity contribution in [3.05, 3.63) is 47.2 Å². The number of aliphatic imine (C=N–C) groups is 1. The van der Waals surface area contributed by atoms with E-state index in [4.69, 9.17) is 4.74 Å². The molecule has 0 bridgehead atoms. The van der Waals surface area contributed by atoms with Gasteiger partial charge in [0, 0.05) is 18.8 Å². The van der Waals surface area contributed by atoms with Crippen LogP contribution in [-0.2, 0) is 0 Å². The van der Waals surface area contributed by atoms with Gasteiger partial charge in [-0.15, -0.1) is 0 Å². The Balaban J connectivity index is 2.11. The number of rotatable bonds is 5. The van der Waals surface area contributed by atoms with Crippen molar-refractivity contribution in [2.24, 2.45) is 4.99 Å². The third-order valence-electron chi connectivity index (χ3n) is 3.13. The predicted molar refractivity (Wildman–Crippen MR) is 81.8 cm³/mol. The highest BCUT2D eigenvalue weighted by atomic mass is 16.5. The summed E-state index contributed by atoms with van der Waals surface area (Å²) in [5, 5.41) is 0. The van der Waals surface area contributed by atoms with Gasteiger partial charge in [0.25, 0.3) is 0 Å². The normalized spacial score (nSPS) is 16.0. The van der Waals surface area contributed by atoms with E-state index in [2.05, 4.69) is 49.2 Å². The molecule has 19 heavy (non-hydrogen) atoms. The van der Waals surface area contributed by atoms with Gasteiger partial charge in [0.15, 0.2) is 0 Å². The molecule has 0 amide bonds. The van der Waals surface area contributed by atoms with Crippen LogP contribution < -0.4 is 4.74 Å². The van der Waals surface area contributed by atoms with Crippen LogP contribution in [0, 0.1) is 6.92 Å². The smallest absolute Gasteiger partial charge is 0.122 e. The molecular formula is C17H21NO. The van der Waals surface area contributed by atoms with Crippen molar-refractivity contribution in [3.63, 3.8) is 0 Å². The first-order chi connectivity index (χ1) is 9.29. The van der Waals surface area contributed by atoms with Crippen LogP contribution in [-0.4, -0.2) is 12.8 Å². The molecule has 2 nitrogen and oxygen atoms in total. The fraction of sp³-hybridized carbons (Fsp3) is 0.353. The Hall–Kier alpha value is -1.83. The Morgan fingerprint density at radius 2 is 2.26 bits per heavy atom. The van der Waals surface area contributed by atoms with Crippen LogP contribution >= 0.6 is 0 Å². The topological polar surface area (TPSA) is 21.6 Å². The maximum atomic E-state index is 5.83. The number of hydrogen-bond donors (Lipinski definition) is 0. The molecule has 0 fully saturated rings. The fourth-order valence-corrected chi connectivity index (χ4v) is 1.94. The van der Waals surface area contributed by atoms with Crippen LogP contribution in [0.25, 0.3) is 6.08 Å². The average molecular weight is 255 g/mol. The average Bonchev–Trinajstić information content (AvgIpc) is 2.44. The first-order valence-corrected chi connectivity index (χ1v) is 6.92. The molecule has 0 saturated heterocycles. The number of allylic oxidation sites excluding steroid dienone is 2. The van der Waals surface area contributed by atoms with Gasteiger partial charge in [-0.3, -0.25) is 4.99 Å². The summed E-state index contributed by atoms with van der Waals surface area (Å²) in [5.41, 5.74) is 3.66. The van der Waals surface area contributed by atoms with Crippen LogP contribution in [0.1, 0.15) is 37.3 Å². The van der Waals surface area contributed by atoms with Crippen LogP contribution in [0.2, 0.25) is 0 Å². The molecule has 0 saturated carbocycles. The highest BCUT2D eigenvalue weighted by Gasteiger charge is 2.02. The molecule has 2 rings (SSSR count). The lowest BCUT2D eigenvalue weighted by molar-refractivity contribution is 0.307. The standard InChI is InChI=1S/C17H21NO/c1-3-4-11-19-17-13-16(6-5-14(17)2)12-15-7-9-18-10-8-15/h5-7,9-10,12-13H,3-4,8,11H2,1-2H3/b15-12+. The van der Waals surface area contributed by atoms with E-state index >= 15 is 0 Å². The predicted octanol–water partition coefficient (Wildman–Crippen LogP) is 4.55. The summed E-state index contributed by atoms with van der Waals surface area (Å²) in [4.78, 5) is 4.08. The minimum Gasteiger partial charge on any atom is -0.493 e. The molecule has 0 unspecified atom stereocenters. The molecule has 0 atom stereocenters. The van der Waals surface area contributed by atoms with Gasteiger partial charge in [-0.25, -0.2) is 0 Å². The zero-order valence-corrected chi connectivity index (χ0v) is 11.7. The zero-order valence-electron chi connectivity index (χ0n) is 11.7. The summed E-state index contributed by atoms with van der Waals surface area (Å²) >= 11 is 0. The first kappa shape index (κ1) is 13.6. The molecule has 0 radical (unpaired) electrons. The molecule has 1 aromatic rings. The number of ether oxygens (including phenoxy) is 1. The van der Waals surface area contributed by atoms with Crippen molar-refractivity contribution in [3.8, 4) is 5.75 Å². The SMILES string of the molecule is CCCCOc1cc(/C=C2\C=CN=CC2)ccc1C. The van der Waals surface area contributed by atoms with Gasteiger partial charge < -0.3 is 4.74 Å². The Labute approximate surface area is 115 Å². The minimum atomic E-state index is 0.796. The summed E-state index contributed by atoms with van der Waals surface area (Å²) < 4.78 is 5.83.